The first-order valence-corrected chi connectivity index (χ1v) is 10.0. The van der Waals surface area contributed by atoms with Gasteiger partial charge in [0.15, 0.2) is 0 Å². The summed E-state index contributed by atoms with van der Waals surface area (Å²) in [5.74, 6) is 0.807. The molecule has 0 bridgehead atoms. The number of ether oxygens (including phenoxy) is 1. The number of fused-ring (bicyclic) bond motifs is 2. The van der Waals surface area contributed by atoms with E-state index < -0.39 is 0 Å². The molecule has 1 aromatic carbocycles. The van der Waals surface area contributed by atoms with Crippen molar-refractivity contribution in [1.29, 1.82) is 0 Å². The highest BCUT2D eigenvalue weighted by Gasteiger charge is 2.42. The molecule has 132 valence electrons. The van der Waals surface area contributed by atoms with Gasteiger partial charge in [-0.3, -0.25) is 9.69 Å². The zero-order valence-corrected chi connectivity index (χ0v) is 15.2. The van der Waals surface area contributed by atoms with Crippen LogP contribution in [0.1, 0.15) is 34.6 Å². The summed E-state index contributed by atoms with van der Waals surface area (Å²) < 4.78 is 7.12. The molecule has 1 saturated carbocycles. The van der Waals surface area contributed by atoms with Crippen LogP contribution in [0, 0.1) is 12.8 Å². The Bertz CT molecular complexity index is 816. The smallest absolute Gasteiger partial charge is 0.251 e. The molecule has 3 aliphatic rings. The van der Waals surface area contributed by atoms with Crippen molar-refractivity contribution in [2.75, 3.05) is 19.7 Å². The van der Waals surface area contributed by atoms with E-state index in [4.69, 9.17) is 4.74 Å². The summed E-state index contributed by atoms with van der Waals surface area (Å²) in [4.78, 5) is 19.6. The maximum atomic E-state index is 12.7. The SMILES string of the molecule is Cc1nc2ccc(C(=O)N[C@@H]3C[C@H]4CO[C@@H](C5CC5)CN4C3)cc2s1. The Hall–Kier alpha value is -1.50. The Morgan fingerprint density at radius 2 is 2.24 bits per heavy atom. The molecule has 2 aliphatic heterocycles. The molecule has 0 spiro atoms. The molecule has 3 fully saturated rings. The third-order valence-corrected chi connectivity index (χ3v) is 6.62. The van der Waals surface area contributed by atoms with Gasteiger partial charge in [0, 0.05) is 30.7 Å². The monoisotopic (exact) mass is 357 g/mol. The number of amides is 1. The number of aromatic nitrogens is 1. The minimum atomic E-state index is 0.0254. The van der Waals surface area contributed by atoms with Crippen LogP contribution in [0.5, 0.6) is 0 Å². The van der Waals surface area contributed by atoms with Gasteiger partial charge >= 0.3 is 0 Å². The Labute approximate surface area is 151 Å². The lowest BCUT2D eigenvalue weighted by molar-refractivity contribution is -0.0581. The Morgan fingerprint density at radius 3 is 3.08 bits per heavy atom. The molecule has 5 nitrogen and oxygen atoms in total. The standard InChI is InChI=1S/C19H23N3O2S/c1-11-20-16-5-4-13(6-18(16)25-11)19(23)21-14-7-15-10-24-17(12-2-3-12)9-22(15)8-14/h4-6,12,14-15,17H,2-3,7-10H2,1H3,(H,21,23)/t14-,15+,17-/m1/s1. The second-order valence-corrected chi connectivity index (χ2v) is 8.87. The molecule has 25 heavy (non-hydrogen) atoms. The molecular weight excluding hydrogens is 334 g/mol. The third kappa shape index (κ3) is 3.07. The molecule has 0 unspecified atom stereocenters. The number of carbonyl (C=O) groups excluding carboxylic acids is 1. The van der Waals surface area contributed by atoms with Gasteiger partial charge in [-0.15, -0.1) is 11.3 Å². The predicted molar refractivity (Wildman–Crippen MR) is 98.1 cm³/mol. The molecule has 1 N–H and O–H groups in total. The van der Waals surface area contributed by atoms with Gasteiger partial charge in [0.05, 0.1) is 27.9 Å². The maximum Gasteiger partial charge on any atom is 0.251 e. The molecule has 2 saturated heterocycles. The van der Waals surface area contributed by atoms with E-state index in [1.165, 1.54) is 12.8 Å². The van der Waals surface area contributed by atoms with Crippen LogP contribution in [0.15, 0.2) is 18.2 Å². The first-order chi connectivity index (χ1) is 12.2. The molecule has 5 rings (SSSR count). The van der Waals surface area contributed by atoms with Gasteiger partial charge < -0.3 is 10.1 Å². The lowest BCUT2D eigenvalue weighted by atomic mass is 10.1. The fourth-order valence-corrected chi connectivity index (χ4v) is 5.07. The van der Waals surface area contributed by atoms with E-state index in [0.29, 0.717) is 12.1 Å². The Kier molecular flexibility index (Phi) is 3.80. The van der Waals surface area contributed by atoms with Crippen LogP contribution in [-0.4, -0.2) is 53.7 Å². The van der Waals surface area contributed by atoms with Gasteiger partial charge in [-0.05, 0) is 50.3 Å². The first kappa shape index (κ1) is 15.7. The number of carbonyl (C=O) groups is 1. The molecule has 1 aliphatic carbocycles. The predicted octanol–water partition coefficient (Wildman–Crippen LogP) is 2.59. The average molecular weight is 357 g/mol. The van der Waals surface area contributed by atoms with Crippen molar-refractivity contribution >= 4 is 27.5 Å². The summed E-state index contributed by atoms with van der Waals surface area (Å²) >= 11 is 1.64. The largest absolute Gasteiger partial charge is 0.375 e. The van der Waals surface area contributed by atoms with Gasteiger partial charge in [-0.1, -0.05) is 0 Å². The number of nitrogens with zero attached hydrogens (tertiary/aromatic N) is 2. The number of hydrogen-bond donors (Lipinski definition) is 1. The van der Waals surface area contributed by atoms with Crippen molar-refractivity contribution in [2.24, 2.45) is 5.92 Å². The fraction of sp³-hybridized carbons (Fsp3) is 0.579. The second kappa shape index (κ2) is 6.04. The number of nitrogens with one attached hydrogen (secondary N) is 1. The Morgan fingerprint density at radius 1 is 1.36 bits per heavy atom. The zero-order chi connectivity index (χ0) is 17.0. The summed E-state index contributed by atoms with van der Waals surface area (Å²) in [5, 5.41) is 4.26. The number of hydrogen-bond acceptors (Lipinski definition) is 5. The quantitative estimate of drug-likeness (QED) is 0.917. The zero-order valence-electron chi connectivity index (χ0n) is 14.4. The summed E-state index contributed by atoms with van der Waals surface area (Å²) in [7, 11) is 0. The molecular formula is C19H23N3O2S. The van der Waals surface area contributed by atoms with E-state index in [1.807, 2.05) is 25.1 Å². The topological polar surface area (TPSA) is 54.5 Å². The first-order valence-electron chi connectivity index (χ1n) is 9.19. The van der Waals surface area contributed by atoms with E-state index in [-0.39, 0.29) is 11.9 Å². The lowest BCUT2D eigenvalue weighted by Gasteiger charge is -2.35. The summed E-state index contributed by atoms with van der Waals surface area (Å²) in [6, 6.07) is 6.47. The maximum absolute atomic E-state index is 12.7. The minimum Gasteiger partial charge on any atom is -0.375 e. The molecule has 0 radical (unpaired) electrons. The van der Waals surface area contributed by atoms with E-state index in [1.54, 1.807) is 11.3 Å². The Balaban J connectivity index is 1.24. The normalized spacial score (nSPS) is 29.7. The average Bonchev–Trinajstić information content (AvgIpc) is 3.26. The van der Waals surface area contributed by atoms with Crippen LogP contribution in [0.25, 0.3) is 10.2 Å². The van der Waals surface area contributed by atoms with Crippen molar-refractivity contribution in [1.82, 2.24) is 15.2 Å². The van der Waals surface area contributed by atoms with E-state index in [0.717, 1.165) is 52.8 Å². The van der Waals surface area contributed by atoms with Crippen LogP contribution >= 0.6 is 11.3 Å². The number of morpholine rings is 1. The van der Waals surface area contributed by atoms with Crippen LogP contribution in [0.3, 0.4) is 0 Å². The highest BCUT2D eigenvalue weighted by atomic mass is 32.1. The van der Waals surface area contributed by atoms with E-state index in [2.05, 4.69) is 15.2 Å². The van der Waals surface area contributed by atoms with E-state index >= 15 is 0 Å². The number of rotatable bonds is 3. The van der Waals surface area contributed by atoms with Crippen molar-refractivity contribution < 1.29 is 9.53 Å². The summed E-state index contributed by atoms with van der Waals surface area (Å²) in [6.45, 7) is 4.80. The lowest BCUT2D eigenvalue weighted by Crippen LogP contribution is -2.47. The van der Waals surface area contributed by atoms with Crippen molar-refractivity contribution in [2.45, 2.75) is 44.4 Å². The number of aryl methyl sites for hydroxylation is 1. The highest BCUT2D eigenvalue weighted by Crippen LogP contribution is 2.37. The fourth-order valence-electron chi connectivity index (χ4n) is 4.21. The molecule has 6 heteroatoms. The van der Waals surface area contributed by atoms with Crippen LogP contribution < -0.4 is 5.32 Å². The molecule has 3 heterocycles. The van der Waals surface area contributed by atoms with Crippen molar-refractivity contribution in [3.05, 3.63) is 28.8 Å². The van der Waals surface area contributed by atoms with Crippen LogP contribution in [0.2, 0.25) is 0 Å². The van der Waals surface area contributed by atoms with Gasteiger partial charge in [0.25, 0.3) is 5.91 Å². The van der Waals surface area contributed by atoms with Gasteiger partial charge in [-0.2, -0.15) is 0 Å². The molecule has 1 amide bonds. The van der Waals surface area contributed by atoms with Gasteiger partial charge in [-0.25, -0.2) is 4.98 Å². The van der Waals surface area contributed by atoms with Gasteiger partial charge in [0.1, 0.15) is 0 Å². The van der Waals surface area contributed by atoms with Crippen molar-refractivity contribution in [3.63, 3.8) is 0 Å². The summed E-state index contributed by atoms with van der Waals surface area (Å²) in [6.07, 6.45) is 4.05. The summed E-state index contributed by atoms with van der Waals surface area (Å²) in [5.41, 5.74) is 1.70. The third-order valence-electron chi connectivity index (χ3n) is 5.69. The molecule has 2 aromatic rings. The molecule has 1 aromatic heterocycles. The highest BCUT2D eigenvalue weighted by molar-refractivity contribution is 7.18. The van der Waals surface area contributed by atoms with Crippen LogP contribution in [-0.2, 0) is 4.74 Å². The minimum absolute atomic E-state index is 0.0254. The van der Waals surface area contributed by atoms with E-state index in [9.17, 15) is 4.79 Å². The second-order valence-electron chi connectivity index (χ2n) is 7.64. The van der Waals surface area contributed by atoms with Crippen LogP contribution in [0.4, 0.5) is 0 Å². The number of thiazole rings is 1. The van der Waals surface area contributed by atoms with Crippen molar-refractivity contribution in [3.8, 4) is 0 Å². The number of benzene rings is 1. The van der Waals surface area contributed by atoms with Gasteiger partial charge in [0.2, 0.25) is 0 Å². The molecule has 3 atom stereocenters.